The molecule has 0 aliphatic rings. The lowest BCUT2D eigenvalue weighted by Gasteiger charge is -2.05. The van der Waals surface area contributed by atoms with E-state index in [0.29, 0.717) is 0 Å². The molecular weight excluding hydrogens is 198 g/mol. The molecule has 2 N–H and O–H groups in total. The second-order valence-corrected chi connectivity index (χ2v) is 5.00. The molecule has 0 bridgehead atoms. The quantitative estimate of drug-likeness (QED) is 0.473. The molecule has 0 aliphatic heterocycles. The van der Waals surface area contributed by atoms with Crippen molar-refractivity contribution in [1.29, 1.82) is 0 Å². The standard InChI is InChI=1S/C10H15NS2/c1-8-3-4-10(9(11)7-8)13-6-5-12-2/h3-4,7H,5-6,11H2,1-2H3. The molecule has 0 aliphatic carbocycles. The molecule has 13 heavy (non-hydrogen) atoms. The molecule has 3 heteroatoms. The average Bonchev–Trinajstić information content (AvgIpc) is 2.09. The van der Waals surface area contributed by atoms with Crippen LogP contribution in [-0.4, -0.2) is 17.8 Å². The Morgan fingerprint density at radius 2 is 2.08 bits per heavy atom. The fourth-order valence-electron chi connectivity index (χ4n) is 1.03. The summed E-state index contributed by atoms with van der Waals surface area (Å²) in [5.74, 6) is 2.31. The molecule has 0 aromatic heterocycles. The van der Waals surface area contributed by atoms with Gasteiger partial charge in [0.1, 0.15) is 0 Å². The van der Waals surface area contributed by atoms with Crippen LogP contribution in [-0.2, 0) is 0 Å². The Bertz CT molecular complexity index is 274. The summed E-state index contributed by atoms with van der Waals surface area (Å²) >= 11 is 3.70. The van der Waals surface area contributed by atoms with Crippen LogP contribution in [0.4, 0.5) is 5.69 Å². The van der Waals surface area contributed by atoms with E-state index in [-0.39, 0.29) is 0 Å². The van der Waals surface area contributed by atoms with Gasteiger partial charge in [0.2, 0.25) is 0 Å². The molecule has 0 saturated heterocycles. The Labute approximate surface area is 88.5 Å². The third-order valence-corrected chi connectivity index (χ3v) is 3.67. The highest BCUT2D eigenvalue weighted by molar-refractivity contribution is 8.02. The molecular formula is C10H15NS2. The Balaban J connectivity index is 2.56. The minimum absolute atomic E-state index is 0.908. The van der Waals surface area contributed by atoms with Crippen LogP contribution >= 0.6 is 23.5 Å². The van der Waals surface area contributed by atoms with Crippen molar-refractivity contribution in [3.05, 3.63) is 23.8 Å². The molecule has 0 spiro atoms. The maximum absolute atomic E-state index is 5.88. The predicted octanol–water partition coefficient (Wildman–Crippen LogP) is 3.03. The van der Waals surface area contributed by atoms with Gasteiger partial charge in [0.05, 0.1) is 0 Å². The van der Waals surface area contributed by atoms with Crippen molar-refractivity contribution in [1.82, 2.24) is 0 Å². The van der Waals surface area contributed by atoms with Crippen molar-refractivity contribution in [2.75, 3.05) is 23.5 Å². The van der Waals surface area contributed by atoms with Gasteiger partial charge in [-0.15, -0.1) is 11.8 Å². The second kappa shape index (κ2) is 5.45. The van der Waals surface area contributed by atoms with Gasteiger partial charge in [-0.05, 0) is 30.9 Å². The SMILES string of the molecule is CSCCSc1ccc(C)cc1N. The van der Waals surface area contributed by atoms with Crippen LogP contribution in [0.1, 0.15) is 5.56 Å². The lowest BCUT2D eigenvalue weighted by Crippen LogP contribution is -1.91. The van der Waals surface area contributed by atoms with Gasteiger partial charge in [-0.3, -0.25) is 0 Å². The van der Waals surface area contributed by atoms with Crippen LogP contribution in [0.5, 0.6) is 0 Å². The number of thioether (sulfide) groups is 2. The van der Waals surface area contributed by atoms with E-state index in [1.54, 1.807) is 0 Å². The largest absolute Gasteiger partial charge is 0.398 e. The summed E-state index contributed by atoms with van der Waals surface area (Å²) in [6.45, 7) is 2.06. The smallest absolute Gasteiger partial charge is 0.0454 e. The van der Waals surface area contributed by atoms with Gasteiger partial charge in [-0.2, -0.15) is 11.8 Å². The van der Waals surface area contributed by atoms with E-state index >= 15 is 0 Å². The van der Waals surface area contributed by atoms with Crippen molar-refractivity contribution in [2.45, 2.75) is 11.8 Å². The lowest BCUT2D eigenvalue weighted by atomic mass is 10.2. The van der Waals surface area contributed by atoms with Crippen LogP contribution in [0.2, 0.25) is 0 Å². The third kappa shape index (κ3) is 3.53. The molecule has 1 aromatic rings. The van der Waals surface area contributed by atoms with Crippen molar-refractivity contribution in [2.24, 2.45) is 0 Å². The highest BCUT2D eigenvalue weighted by Gasteiger charge is 1.98. The third-order valence-electron chi connectivity index (χ3n) is 1.71. The Kier molecular flexibility index (Phi) is 4.53. The molecule has 0 radical (unpaired) electrons. The van der Waals surface area contributed by atoms with Crippen molar-refractivity contribution in [3.63, 3.8) is 0 Å². The molecule has 1 rings (SSSR count). The molecule has 0 amide bonds. The van der Waals surface area contributed by atoms with Gasteiger partial charge in [-0.25, -0.2) is 0 Å². The summed E-state index contributed by atoms with van der Waals surface area (Å²) in [7, 11) is 0. The number of nitrogen functional groups attached to an aromatic ring is 1. The molecule has 0 saturated carbocycles. The van der Waals surface area contributed by atoms with Gasteiger partial charge < -0.3 is 5.73 Å². The van der Waals surface area contributed by atoms with E-state index in [4.69, 9.17) is 5.73 Å². The molecule has 72 valence electrons. The van der Waals surface area contributed by atoms with Crippen molar-refractivity contribution < 1.29 is 0 Å². The Morgan fingerprint density at radius 1 is 1.31 bits per heavy atom. The molecule has 0 atom stereocenters. The zero-order valence-corrected chi connectivity index (χ0v) is 9.67. The number of rotatable bonds is 4. The van der Waals surface area contributed by atoms with Crippen LogP contribution in [0, 0.1) is 6.92 Å². The van der Waals surface area contributed by atoms with Crippen LogP contribution in [0.25, 0.3) is 0 Å². The molecule has 1 nitrogen and oxygen atoms in total. The van der Waals surface area contributed by atoms with Gasteiger partial charge in [-0.1, -0.05) is 6.07 Å². The van der Waals surface area contributed by atoms with Crippen LogP contribution < -0.4 is 5.73 Å². The Hall–Kier alpha value is -0.280. The maximum Gasteiger partial charge on any atom is 0.0454 e. The number of hydrogen-bond acceptors (Lipinski definition) is 3. The number of benzene rings is 1. The van der Waals surface area contributed by atoms with E-state index in [1.165, 1.54) is 16.2 Å². The highest BCUT2D eigenvalue weighted by Crippen LogP contribution is 2.25. The van der Waals surface area contributed by atoms with Gasteiger partial charge >= 0.3 is 0 Å². The summed E-state index contributed by atoms with van der Waals surface area (Å²) in [5.41, 5.74) is 8.01. The zero-order valence-electron chi connectivity index (χ0n) is 8.04. The first-order chi connectivity index (χ1) is 6.24. The van der Waals surface area contributed by atoms with E-state index in [9.17, 15) is 0 Å². The number of nitrogens with two attached hydrogens (primary N) is 1. The molecule has 0 fully saturated rings. The average molecular weight is 213 g/mol. The summed E-state index contributed by atoms with van der Waals surface area (Å²) in [6.07, 6.45) is 2.12. The molecule has 0 heterocycles. The van der Waals surface area contributed by atoms with Crippen molar-refractivity contribution >= 4 is 29.2 Å². The fraction of sp³-hybridized carbons (Fsp3) is 0.400. The monoisotopic (exact) mass is 213 g/mol. The molecule has 0 unspecified atom stereocenters. The Morgan fingerprint density at radius 3 is 2.69 bits per heavy atom. The first-order valence-electron chi connectivity index (χ1n) is 4.22. The predicted molar refractivity (Wildman–Crippen MR) is 64.7 cm³/mol. The van der Waals surface area contributed by atoms with E-state index in [0.717, 1.165) is 11.4 Å². The number of aryl methyl sites for hydroxylation is 1. The van der Waals surface area contributed by atoms with E-state index in [2.05, 4.69) is 25.3 Å². The fourth-order valence-corrected chi connectivity index (χ4v) is 2.64. The summed E-state index contributed by atoms with van der Waals surface area (Å²) in [6, 6.07) is 6.24. The minimum atomic E-state index is 0.908. The van der Waals surface area contributed by atoms with Gasteiger partial charge in [0.25, 0.3) is 0 Å². The van der Waals surface area contributed by atoms with E-state index in [1.807, 2.05) is 29.6 Å². The topological polar surface area (TPSA) is 26.0 Å². The van der Waals surface area contributed by atoms with Gasteiger partial charge in [0.15, 0.2) is 0 Å². The second-order valence-electron chi connectivity index (χ2n) is 2.88. The summed E-state index contributed by atoms with van der Waals surface area (Å²) in [5, 5.41) is 0. The number of hydrogen-bond donors (Lipinski definition) is 1. The van der Waals surface area contributed by atoms with Gasteiger partial charge in [0, 0.05) is 22.1 Å². The highest BCUT2D eigenvalue weighted by atomic mass is 32.2. The summed E-state index contributed by atoms with van der Waals surface area (Å²) < 4.78 is 0. The van der Waals surface area contributed by atoms with Crippen LogP contribution in [0.3, 0.4) is 0 Å². The number of anilines is 1. The molecule has 1 aromatic carbocycles. The lowest BCUT2D eigenvalue weighted by molar-refractivity contribution is 1.37. The van der Waals surface area contributed by atoms with E-state index < -0.39 is 0 Å². The van der Waals surface area contributed by atoms with Crippen molar-refractivity contribution in [3.8, 4) is 0 Å². The minimum Gasteiger partial charge on any atom is -0.398 e. The summed E-state index contributed by atoms with van der Waals surface area (Å²) in [4.78, 5) is 1.21. The zero-order chi connectivity index (χ0) is 9.68. The first kappa shape index (κ1) is 10.8. The first-order valence-corrected chi connectivity index (χ1v) is 6.60. The van der Waals surface area contributed by atoms with Crippen LogP contribution in [0.15, 0.2) is 23.1 Å². The maximum atomic E-state index is 5.88. The normalized spacial score (nSPS) is 10.3.